The maximum absolute atomic E-state index is 13.4. The number of H-pyrrole nitrogens is 1. The highest BCUT2D eigenvalue weighted by molar-refractivity contribution is 6.31. The van der Waals surface area contributed by atoms with Gasteiger partial charge in [0.05, 0.1) is 0 Å². The number of amides is 1. The van der Waals surface area contributed by atoms with Crippen molar-refractivity contribution in [1.82, 2.24) is 9.88 Å². The maximum Gasteiger partial charge on any atom is 0.270 e. The van der Waals surface area contributed by atoms with E-state index in [1.165, 1.54) is 6.07 Å². The predicted molar refractivity (Wildman–Crippen MR) is 97.5 cm³/mol. The lowest BCUT2D eigenvalue weighted by Gasteiger charge is -2.24. The molecular formula is C20H18ClFN2O. The Bertz CT molecular complexity index is 936. The van der Waals surface area contributed by atoms with Crippen molar-refractivity contribution >= 4 is 28.4 Å². The Morgan fingerprint density at radius 1 is 1.24 bits per heavy atom. The smallest absolute Gasteiger partial charge is 0.270 e. The van der Waals surface area contributed by atoms with Crippen LogP contribution in [0.15, 0.2) is 48.5 Å². The largest absolute Gasteiger partial charge is 0.350 e. The van der Waals surface area contributed by atoms with Crippen molar-refractivity contribution in [3.05, 3.63) is 70.6 Å². The van der Waals surface area contributed by atoms with Crippen LogP contribution in [-0.2, 0) is 6.42 Å². The van der Waals surface area contributed by atoms with Crippen LogP contribution in [0.3, 0.4) is 0 Å². The molecule has 1 N–H and O–H groups in total. The molecule has 0 aliphatic carbocycles. The Kier molecular flexibility index (Phi) is 4.22. The molecule has 128 valence electrons. The number of fused-ring (bicyclic) bond motifs is 1. The van der Waals surface area contributed by atoms with Crippen LogP contribution >= 0.6 is 11.6 Å². The topological polar surface area (TPSA) is 36.1 Å². The van der Waals surface area contributed by atoms with Gasteiger partial charge in [0.15, 0.2) is 0 Å². The third kappa shape index (κ3) is 3.27. The minimum absolute atomic E-state index is 0.00812. The normalized spacial score (nSPS) is 17.4. The molecule has 2 heterocycles. The van der Waals surface area contributed by atoms with Gasteiger partial charge in [0.2, 0.25) is 0 Å². The zero-order valence-corrected chi connectivity index (χ0v) is 14.4. The van der Waals surface area contributed by atoms with Gasteiger partial charge in [-0.1, -0.05) is 29.8 Å². The van der Waals surface area contributed by atoms with E-state index in [9.17, 15) is 9.18 Å². The van der Waals surface area contributed by atoms with Gasteiger partial charge in [-0.25, -0.2) is 4.39 Å². The van der Waals surface area contributed by atoms with Crippen molar-refractivity contribution in [2.24, 2.45) is 0 Å². The van der Waals surface area contributed by atoms with E-state index >= 15 is 0 Å². The van der Waals surface area contributed by atoms with Crippen LogP contribution in [-0.4, -0.2) is 28.4 Å². The van der Waals surface area contributed by atoms with E-state index in [0.29, 0.717) is 17.1 Å². The number of rotatable bonds is 3. The van der Waals surface area contributed by atoms with Gasteiger partial charge in [0, 0.05) is 28.5 Å². The lowest BCUT2D eigenvalue weighted by atomic mass is 10.0. The predicted octanol–water partition coefficient (Wildman–Crippen LogP) is 4.81. The molecule has 1 atom stereocenters. The minimum Gasteiger partial charge on any atom is -0.350 e. The second kappa shape index (κ2) is 6.52. The zero-order valence-electron chi connectivity index (χ0n) is 13.6. The van der Waals surface area contributed by atoms with Crippen LogP contribution in [0.2, 0.25) is 5.02 Å². The molecule has 1 aliphatic rings. The summed E-state index contributed by atoms with van der Waals surface area (Å²) in [4.78, 5) is 18.0. The first-order valence-electron chi connectivity index (χ1n) is 8.44. The Labute approximate surface area is 150 Å². The van der Waals surface area contributed by atoms with E-state index in [4.69, 9.17) is 11.6 Å². The molecule has 0 bridgehead atoms. The number of carbonyl (C=O) groups excluding carboxylic acids is 1. The van der Waals surface area contributed by atoms with Crippen LogP contribution in [0, 0.1) is 5.82 Å². The number of carbonyl (C=O) groups is 1. The van der Waals surface area contributed by atoms with Gasteiger partial charge in [-0.15, -0.1) is 0 Å². The van der Waals surface area contributed by atoms with E-state index in [1.807, 2.05) is 35.2 Å². The molecule has 1 amide bonds. The molecule has 0 saturated carbocycles. The second-order valence-electron chi connectivity index (χ2n) is 6.54. The molecule has 1 aliphatic heterocycles. The van der Waals surface area contributed by atoms with Crippen LogP contribution in [0.5, 0.6) is 0 Å². The fourth-order valence-corrected chi connectivity index (χ4v) is 3.79. The first kappa shape index (κ1) is 16.2. The van der Waals surface area contributed by atoms with Crippen molar-refractivity contribution in [2.45, 2.75) is 25.3 Å². The summed E-state index contributed by atoms with van der Waals surface area (Å²) in [6, 6.07) is 14.1. The van der Waals surface area contributed by atoms with E-state index in [0.717, 1.165) is 35.9 Å². The Hall–Kier alpha value is -2.33. The highest BCUT2D eigenvalue weighted by Crippen LogP contribution is 2.26. The molecule has 1 unspecified atom stereocenters. The molecule has 1 fully saturated rings. The lowest BCUT2D eigenvalue weighted by Crippen LogP contribution is -2.37. The van der Waals surface area contributed by atoms with E-state index in [1.54, 1.807) is 12.1 Å². The fraction of sp³-hybridized carbons (Fsp3) is 0.250. The number of hydrogen-bond acceptors (Lipinski definition) is 1. The average molecular weight is 357 g/mol. The molecule has 25 heavy (non-hydrogen) atoms. The van der Waals surface area contributed by atoms with E-state index in [2.05, 4.69) is 4.98 Å². The van der Waals surface area contributed by atoms with Gasteiger partial charge in [0.1, 0.15) is 11.5 Å². The highest BCUT2D eigenvalue weighted by Gasteiger charge is 2.30. The summed E-state index contributed by atoms with van der Waals surface area (Å²) in [6.45, 7) is 0.731. The standard InChI is InChI=1S/C20H18ClFN2O/c21-15-7-6-14-11-19(23-18(14)12-15)20(25)24-8-2-5-17(24)10-13-3-1-4-16(22)9-13/h1,3-4,6-7,9,11-12,17,23H,2,5,8,10H2. The molecule has 3 aromatic rings. The first-order valence-corrected chi connectivity index (χ1v) is 8.81. The van der Waals surface area contributed by atoms with Gasteiger partial charge in [-0.3, -0.25) is 4.79 Å². The van der Waals surface area contributed by atoms with Gasteiger partial charge in [-0.05, 0) is 55.2 Å². The van der Waals surface area contributed by atoms with Crippen LogP contribution < -0.4 is 0 Å². The maximum atomic E-state index is 13.4. The van der Waals surface area contributed by atoms with Gasteiger partial charge in [0.25, 0.3) is 5.91 Å². The lowest BCUT2D eigenvalue weighted by molar-refractivity contribution is 0.0731. The number of hydrogen-bond donors (Lipinski definition) is 1. The zero-order chi connectivity index (χ0) is 17.4. The summed E-state index contributed by atoms with van der Waals surface area (Å²) in [7, 11) is 0. The number of aromatic nitrogens is 1. The van der Waals surface area contributed by atoms with Crippen LogP contribution in [0.25, 0.3) is 10.9 Å². The molecule has 5 heteroatoms. The molecule has 0 spiro atoms. The van der Waals surface area contributed by atoms with Gasteiger partial charge in [-0.2, -0.15) is 0 Å². The Morgan fingerprint density at radius 3 is 2.96 bits per heavy atom. The van der Waals surface area contributed by atoms with Crippen molar-refractivity contribution in [3.8, 4) is 0 Å². The van der Waals surface area contributed by atoms with Gasteiger partial charge >= 0.3 is 0 Å². The molecular weight excluding hydrogens is 339 g/mol. The Morgan fingerprint density at radius 2 is 2.12 bits per heavy atom. The number of benzene rings is 2. The molecule has 0 radical (unpaired) electrons. The molecule has 3 nitrogen and oxygen atoms in total. The average Bonchev–Trinajstić information content (AvgIpc) is 3.20. The SMILES string of the molecule is O=C(c1cc2ccc(Cl)cc2[nH]1)N1CCCC1Cc1cccc(F)c1. The molecule has 1 saturated heterocycles. The summed E-state index contributed by atoms with van der Waals surface area (Å²) in [5, 5.41) is 1.60. The third-order valence-electron chi connectivity index (χ3n) is 4.81. The van der Waals surface area contributed by atoms with Crippen molar-refractivity contribution in [1.29, 1.82) is 0 Å². The van der Waals surface area contributed by atoms with Crippen molar-refractivity contribution in [2.75, 3.05) is 6.54 Å². The van der Waals surface area contributed by atoms with Crippen LogP contribution in [0.1, 0.15) is 28.9 Å². The number of aromatic amines is 1. The summed E-state index contributed by atoms with van der Waals surface area (Å²) < 4.78 is 13.4. The number of nitrogens with zero attached hydrogens (tertiary/aromatic N) is 1. The summed E-state index contributed by atoms with van der Waals surface area (Å²) in [6.07, 6.45) is 2.58. The second-order valence-corrected chi connectivity index (χ2v) is 6.98. The van der Waals surface area contributed by atoms with Gasteiger partial charge < -0.3 is 9.88 Å². The fourth-order valence-electron chi connectivity index (χ4n) is 3.62. The monoisotopic (exact) mass is 356 g/mol. The van der Waals surface area contributed by atoms with E-state index in [-0.39, 0.29) is 17.8 Å². The molecule has 2 aromatic carbocycles. The van der Waals surface area contributed by atoms with Crippen molar-refractivity contribution in [3.63, 3.8) is 0 Å². The van der Waals surface area contributed by atoms with Crippen molar-refractivity contribution < 1.29 is 9.18 Å². The summed E-state index contributed by atoms with van der Waals surface area (Å²) in [5.74, 6) is -0.243. The molecule has 1 aromatic heterocycles. The minimum atomic E-state index is -0.235. The molecule has 4 rings (SSSR count). The third-order valence-corrected chi connectivity index (χ3v) is 5.05. The number of halogens is 2. The van der Waals surface area contributed by atoms with Crippen LogP contribution in [0.4, 0.5) is 4.39 Å². The highest BCUT2D eigenvalue weighted by atomic mass is 35.5. The number of nitrogens with one attached hydrogen (secondary N) is 1. The Balaban J connectivity index is 1.57. The summed E-state index contributed by atoms with van der Waals surface area (Å²) >= 11 is 6.01. The summed E-state index contributed by atoms with van der Waals surface area (Å²) in [5.41, 5.74) is 2.35. The number of likely N-dealkylation sites (tertiary alicyclic amines) is 1. The van der Waals surface area contributed by atoms with E-state index < -0.39 is 0 Å². The first-order chi connectivity index (χ1) is 12.1. The quantitative estimate of drug-likeness (QED) is 0.718.